The number of rotatable bonds is 3. The second kappa shape index (κ2) is 5.88. The smallest absolute Gasteiger partial charge is 0.273 e. The van der Waals surface area contributed by atoms with E-state index in [0.717, 1.165) is 12.0 Å². The molecule has 128 valence electrons. The van der Waals surface area contributed by atoms with Gasteiger partial charge in [0.1, 0.15) is 11.6 Å². The molecular formula is C19H17FN2O3. The van der Waals surface area contributed by atoms with Crippen molar-refractivity contribution in [2.75, 3.05) is 12.4 Å². The van der Waals surface area contributed by atoms with Crippen molar-refractivity contribution in [3.05, 3.63) is 75.6 Å². The topological polar surface area (TPSA) is 64.4 Å². The average molecular weight is 340 g/mol. The molecule has 5 nitrogen and oxygen atoms in total. The van der Waals surface area contributed by atoms with E-state index >= 15 is 0 Å². The quantitative estimate of drug-likeness (QED) is 0.505. The van der Waals surface area contributed by atoms with Gasteiger partial charge in [-0.3, -0.25) is 10.1 Å². The first-order chi connectivity index (χ1) is 12.1. The largest absolute Gasteiger partial charge is 0.494 e. The molecule has 0 unspecified atom stereocenters. The van der Waals surface area contributed by atoms with E-state index in [1.54, 1.807) is 18.2 Å². The number of nitrogens with zero attached hydrogens (tertiary/aromatic N) is 1. The Morgan fingerprint density at radius 1 is 1.28 bits per heavy atom. The first-order valence-electron chi connectivity index (χ1n) is 8.14. The molecule has 0 aromatic heterocycles. The number of non-ortho nitro benzene ring substituents is 1. The van der Waals surface area contributed by atoms with Crippen LogP contribution in [0.3, 0.4) is 0 Å². The van der Waals surface area contributed by atoms with Crippen LogP contribution >= 0.6 is 0 Å². The summed E-state index contributed by atoms with van der Waals surface area (Å²) in [5, 5.41) is 14.6. The van der Waals surface area contributed by atoms with Crippen LogP contribution in [-0.4, -0.2) is 12.0 Å². The molecule has 4 rings (SSSR count). The summed E-state index contributed by atoms with van der Waals surface area (Å²) in [6.07, 6.45) is 4.91. The highest BCUT2D eigenvalue weighted by Gasteiger charge is 2.40. The fraction of sp³-hybridized carbons (Fsp3) is 0.263. The number of nitrogens with one attached hydrogen (secondary N) is 1. The third-order valence-corrected chi connectivity index (χ3v) is 5.09. The van der Waals surface area contributed by atoms with Crippen molar-refractivity contribution >= 4 is 11.4 Å². The van der Waals surface area contributed by atoms with Gasteiger partial charge >= 0.3 is 0 Å². The number of hydrogen-bond acceptors (Lipinski definition) is 4. The molecule has 25 heavy (non-hydrogen) atoms. The van der Waals surface area contributed by atoms with E-state index in [1.165, 1.54) is 19.2 Å². The monoisotopic (exact) mass is 340 g/mol. The number of halogens is 1. The van der Waals surface area contributed by atoms with Gasteiger partial charge in [0.05, 0.1) is 29.8 Å². The van der Waals surface area contributed by atoms with Crippen LogP contribution in [0.4, 0.5) is 15.8 Å². The maximum Gasteiger partial charge on any atom is 0.273 e. The molecule has 0 fully saturated rings. The average Bonchev–Trinajstić information content (AvgIpc) is 3.10. The van der Waals surface area contributed by atoms with E-state index in [0.29, 0.717) is 17.0 Å². The molecule has 2 aromatic carbocycles. The number of nitro benzene ring substituents is 1. The van der Waals surface area contributed by atoms with Crippen LogP contribution < -0.4 is 10.1 Å². The molecule has 2 aliphatic rings. The van der Waals surface area contributed by atoms with Gasteiger partial charge in [-0.25, -0.2) is 4.39 Å². The lowest BCUT2D eigenvalue weighted by Gasteiger charge is -2.38. The van der Waals surface area contributed by atoms with Crippen LogP contribution in [0.15, 0.2) is 48.6 Å². The highest BCUT2D eigenvalue weighted by molar-refractivity contribution is 5.71. The normalized spacial score (nSPS) is 23.5. The number of ether oxygens (including phenoxy) is 1. The standard InChI is InChI=1S/C19H17FN2O3/c1-25-17-10-11(22(23)24)9-15-12-6-4-7-13(12)18(21-19(15)17)14-5-2-3-8-16(14)20/h2-6,8-10,12-13,18,21H,7H2,1H3/t12-,13+,18-/m1/s1. The van der Waals surface area contributed by atoms with Gasteiger partial charge in [-0.05, 0) is 24.0 Å². The SMILES string of the molecule is COc1cc([N+](=O)[O-])cc2c1N[C@@H](c1ccccc1F)[C@H]1CC=C[C@@H]21. The number of methoxy groups -OCH3 is 1. The Bertz CT molecular complexity index is 881. The minimum atomic E-state index is -0.417. The summed E-state index contributed by atoms with van der Waals surface area (Å²) >= 11 is 0. The van der Waals surface area contributed by atoms with E-state index in [-0.39, 0.29) is 29.4 Å². The predicted molar refractivity (Wildman–Crippen MR) is 92.4 cm³/mol. The van der Waals surface area contributed by atoms with E-state index in [9.17, 15) is 14.5 Å². The van der Waals surface area contributed by atoms with Crippen molar-refractivity contribution in [3.8, 4) is 5.75 Å². The van der Waals surface area contributed by atoms with Crippen LogP contribution in [0.25, 0.3) is 0 Å². The van der Waals surface area contributed by atoms with Gasteiger partial charge in [0, 0.05) is 17.5 Å². The zero-order valence-corrected chi connectivity index (χ0v) is 13.6. The molecule has 2 aromatic rings. The number of anilines is 1. The Balaban J connectivity index is 1.87. The van der Waals surface area contributed by atoms with Gasteiger partial charge in [-0.15, -0.1) is 0 Å². The summed E-state index contributed by atoms with van der Waals surface area (Å²) < 4.78 is 19.8. The Morgan fingerprint density at radius 2 is 2.08 bits per heavy atom. The molecule has 6 heteroatoms. The number of benzene rings is 2. The lowest BCUT2D eigenvalue weighted by Crippen LogP contribution is -2.30. The predicted octanol–water partition coefficient (Wildman–Crippen LogP) is 4.57. The molecule has 1 aliphatic carbocycles. The van der Waals surface area contributed by atoms with Crippen molar-refractivity contribution in [1.82, 2.24) is 0 Å². The van der Waals surface area contributed by atoms with Gasteiger partial charge in [0.15, 0.2) is 0 Å². The van der Waals surface area contributed by atoms with E-state index in [1.807, 2.05) is 6.07 Å². The third kappa shape index (κ3) is 2.45. The van der Waals surface area contributed by atoms with Crippen molar-refractivity contribution in [1.29, 1.82) is 0 Å². The lowest BCUT2D eigenvalue weighted by atomic mass is 9.76. The van der Waals surface area contributed by atoms with Gasteiger partial charge in [-0.1, -0.05) is 30.4 Å². The van der Waals surface area contributed by atoms with Crippen LogP contribution in [0.2, 0.25) is 0 Å². The molecule has 1 heterocycles. The van der Waals surface area contributed by atoms with Crippen molar-refractivity contribution < 1.29 is 14.1 Å². The Labute approximate surface area is 144 Å². The maximum absolute atomic E-state index is 14.4. The maximum atomic E-state index is 14.4. The summed E-state index contributed by atoms with van der Waals surface area (Å²) in [6, 6.07) is 9.51. The Hall–Kier alpha value is -2.89. The first kappa shape index (κ1) is 15.6. The first-order valence-corrected chi connectivity index (χ1v) is 8.14. The van der Waals surface area contributed by atoms with Gasteiger partial charge in [0.2, 0.25) is 0 Å². The number of fused-ring (bicyclic) bond motifs is 3. The second-order valence-corrected chi connectivity index (χ2v) is 6.37. The molecular weight excluding hydrogens is 323 g/mol. The highest BCUT2D eigenvalue weighted by Crippen LogP contribution is 2.53. The summed E-state index contributed by atoms with van der Waals surface area (Å²) in [5.41, 5.74) is 2.14. The van der Waals surface area contributed by atoms with Gasteiger partial charge < -0.3 is 10.1 Å². The van der Waals surface area contributed by atoms with E-state index in [4.69, 9.17) is 4.74 Å². The fourth-order valence-electron chi connectivity index (χ4n) is 3.95. The van der Waals surface area contributed by atoms with Crippen LogP contribution in [0.5, 0.6) is 5.75 Å². The number of nitro groups is 1. The Kier molecular flexibility index (Phi) is 3.67. The minimum Gasteiger partial charge on any atom is -0.494 e. The number of allylic oxidation sites excluding steroid dienone is 2. The van der Waals surface area contributed by atoms with Crippen LogP contribution in [0, 0.1) is 21.8 Å². The van der Waals surface area contributed by atoms with Crippen molar-refractivity contribution in [2.45, 2.75) is 18.4 Å². The minimum absolute atomic E-state index is 0.000733. The molecule has 1 N–H and O–H groups in total. The molecule has 1 aliphatic heterocycles. The molecule has 0 saturated heterocycles. The van der Waals surface area contributed by atoms with E-state index in [2.05, 4.69) is 17.5 Å². The molecule has 0 bridgehead atoms. The zero-order valence-electron chi connectivity index (χ0n) is 13.6. The Morgan fingerprint density at radius 3 is 2.80 bits per heavy atom. The van der Waals surface area contributed by atoms with Gasteiger partial charge in [-0.2, -0.15) is 0 Å². The third-order valence-electron chi connectivity index (χ3n) is 5.09. The number of hydrogen-bond donors (Lipinski definition) is 1. The summed E-state index contributed by atoms with van der Waals surface area (Å²) in [5.74, 6) is 0.255. The zero-order chi connectivity index (χ0) is 17.6. The molecule has 3 atom stereocenters. The van der Waals surface area contributed by atoms with Crippen molar-refractivity contribution in [2.24, 2.45) is 5.92 Å². The molecule has 0 radical (unpaired) electrons. The van der Waals surface area contributed by atoms with Crippen molar-refractivity contribution in [3.63, 3.8) is 0 Å². The highest BCUT2D eigenvalue weighted by atomic mass is 19.1. The summed E-state index contributed by atoms with van der Waals surface area (Å²) in [4.78, 5) is 10.8. The fourth-order valence-corrected chi connectivity index (χ4v) is 3.95. The molecule has 0 amide bonds. The second-order valence-electron chi connectivity index (χ2n) is 6.37. The summed E-state index contributed by atoms with van der Waals surface area (Å²) in [7, 11) is 1.48. The van der Waals surface area contributed by atoms with Gasteiger partial charge in [0.25, 0.3) is 5.69 Å². The van der Waals surface area contributed by atoms with Crippen LogP contribution in [-0.2, 0) is 0 Å². The molecule has 0 saturated carbocycles. The summed E-state index contributed by atoms with van der Waals surface area (Å²) in [6.45, 7) is 0. The van der Waals surface area contributed by atoms with Crippen LogP contribution in [0.1, 0.15) is 29.5 Å². The molecule has 0 spiro atoms. The van der Waals surface area contributed by atoms with E-state index < -0.39 is 4.92 Å². The lowest BCUT2D eigenvalue weighted by molar-refractivity contribution is -0.385.